The maximum atomic E-state index is 5.48. The molecule has 2 unspecified atom stereocenters. The lowest BCUT2D eigenvalue weighted by Gasteiger charge is -2.10. The van der Waals surface area contributed by atoms with Crippen molar-refractivity contribution in [3.05, 3.63) is 17.1 Å². The minimum atomic E-state index is 0.543. The van der Waals surface area contributed by atoms with Gasteiger partial charge in [0.2, 0.25) is 0 Å². The van der Waals surface area contributed by atoms with Crippen LogP contribution in [0.5, 0.6) is 0 Å². The first-order valence-corrected chi connectivity index (χ1v) is 5.51. The summed E-state index contributed by atoms with van der Waals surface area (Å²) in [6, 6.07) is 0. The zero-order chi connectivity index (χ0) is 11.0. The molecule has 0 saturated heterocycles. The average Bonchev–Trinajstić information content (AvgIpc) is 2.94. The Hall–Kier alpha value is -1.16. The summed E-state index contributed by atoms with van der Waals surface area (Å²) < 4.78 is 0. The van der Waals surface area contributed by atoms with Crippen LogP contribution in [0.25, 0.3) is 0 Å². The molecule has 0 aliphatic heterocycles. The minimum Gasteiger partial charge on any atom is -0.308 e. The molecule has 2 rings (SSSR count). The molecular weight excluding hydrogens is 188 g/mol. The van der Waals surface area contributed by atoms with Gasteiger partial charge in [-0.3, -0.25) is 0 Å². The van der Waals surface area contributed by atoms with E-state index in [1.165, 1.54) is 6.42 Å². The predicted molar refractivity (Wildman–Crippen MR) is 60.5 cm³/mol. The van der Waals surface area contributed by atoms with Crippen LogP contribution in [-0.4, -0.2) is 9.97 Å². The summed E-state index contributed by atoms with van der Waals surface area (Å²) in [5, 5.41) is 0. The van der Waals surface area contributed by atoms with Crippen LogP contribution in [0.3, 0.4) is 0 Å². The molecule has 2 atom stereocenters. The Morgan fingerprint density at radius 3 is 2.60 bits per heavy atom. The highest BCUT2D eigenvalue weighted by molar-refractivity contribution is 5.46. The number of rotatable bonds is 3. The second-order valence-corrected chi connectivity index (χ2v) is 4.31. The topological polar surface area (TPSA) is 63.8 Å². The molecule has 82 valence electrons. The fourth-order valence-corrected chi connectivity index (χ4v) is 2.01. The van der Waals surface area contributed by atoms with Gasteiger partial charge in [0.05, 0.1) is 0 Å². The maximum absolute atomic E-state index is 5.48. The van der Waals surface area contributed by atoms with Gasteiger partial charge in [-0.05, 0) is 25.7 Å². The van der Waals surface area contributed by atoms with Crippen molar-refractivity contribution in [3.8, 4) is 0 Å². The Balaban J connectivity index is 2.39. The van der Waals surface area contributed by atoms with E-state index < -0.39 is 0 Å². The number of hydrogen-bond acceptors (Lipinski definition) is 4. The number of aryl methyl sites for hydroxylation is 1. The molecule has 4 nitrogen and oxygen atoms in total. The third-order valence-corrected chi connectivity index (χ3v) is 3.16. The summed E-state index contributed by atoms with van der Waals surface area (Å²) in [6.45, 7) is 6.34. The van der Waals surface area contributed by atoms with E-state index in [2.05, 4.69) is 29.2 Å². The van der Waals surface area contributed by atoms with Gasteiger partial charge in [-0.2, -0.15) is 0 Å². The number of hydrazine groups is 1. The summed E-state index contributed by atoms with van der Waals surface area (Å²) in [7, 11) is 0. The smallest absolute Gasteiger partial charge is 0.147 e. The molecule has 4 heteroatoms. The molecule has 0 bridgehead atoms. The van der Waals surface area contributed by atoms with E-state index in [0.29, 0.717) is 5.92 Å². The van der Waals surface area contributed by atoms with E-state index in [0.717, 1.165) is 35.2 Å². The van der Waals surface area contributed by atoms with Crippen LogP contribution >= 0.6 is 0 Å². The maximum Gasteiger partial charge on any atom is 0.147 e. The van der Waals surface area contributed by atoms with Crippen LogP contribution in [0.1, 0.15) is 43.3 Å². The second-order valence-electron chi connectivity index (χ2n) is 4.31. The fourth-order valence-electron chi connectivity index (χ4n) is 2.01. The van der Waals surface area contributed by atoms with Gasteiger partial charge in [0.1, 0.15) is 11.6 Å². The molecule has 0 aromatic carbocycles. The van der Waals surface area contributed by atoms with Gasteiger partial charge < -0.3 is 5.43 Å². The Labute approximate surface area is 90.3 Å². The Morgan fingerprint density at radius 2 is 2.13 bits per heavy atom. The zero-order valence-corrected chi connectivity index (χ0v) is 9.54. The monoisotopic (exact) mass is 206 g/mol. The molecule has 1 saturated carbocycles. The van der Waals surface area contributed by atoms with Crippen molar-refractivity contribution in [2.75, 3.05) is 5.43 Å². The van der Waals surface area contributed by atoms with Crippen LogP contribution in [0.2, 0.25) is 0 Å². The fraction of sp³-hybridized carbons (Fsp3) is 0.636. The molecule has 0 amide bonds. The first kappa shape index (κ1) is 10.4. The van der Waals surface area contributed by atoms with Crippen LogP contribution < -0.4 is 11.3 Å². The molecule has 1 aliphatic carbocycles. The van der Waals surface area contributed by atoms with Gasteiger partial charge in [-0.1, -0.05) is 13.8 Å². The van der Waals surface area contributed by atoms with Gasteiger partial charge in [-0.15, -0.1) is 0 Å². The van der Waals surface area contributed by atoms with E-state index in [9.17, 15) is 0 Å². The van der Waals surface area contributed by atoms with E-state index in [-0.39, 0.29) is 0 Å². The Kier molecular flexibility index (Phi) is 2.61. The summed E-state index contributed by atoms with van der Waals surface area (Å²) in [6.07, 6.45) is 2.11. The van der Waals surface area contributed by atoms with E-state index in [4.69, 9.17) is 5.84 Å². The SMILES string of the molecule is CCc1c(C)nc(C2CC2C)nc1NN. The predicted octanol–water partition coefficient (Wildman–Crippen LogP) is 1.76. The summed E-state index contributed by atoms with van der Waals surface area (Å²) >= 11 is 0. The Bertz CT molecular complexity index is 375. The lowest BCUT2D eigenvalue weighted by Crippen LogP contribution is -2.14. The summed E-state index contributed by atoms with van der Waals surface area (Å²) in [4.78, 5) is 9.05. The van der Waals surface area contributed by atoms with E-state index in [1.54, 1.807) is 0 Å². The number of nitrogens with two attached hydrogens (primary N) is 1. The van der Waals surface area contributed by atoms with Crippen molar-refractivity contribution in [3.63, 3.8) is 0 Å². The molecule has 1 aliphatic rings. The molecule has 15 heavy (non-hydrogen) atoms. The highest BCUT2D eigenvalue weighted by Crippen LogP contribution is 2.45. The molecule has 3 N–H and O–H groups in total. The van der Waals surface area contributed by atoms with Crippen LogP contribution in [0.4, 0.5) is 5.82 Å². The first-order chi connectivity index (χ1) is 7.17. The molecule has 1 aromatic heterocycles. The van der Waals surface area contributed by atoms with Crippen molar-refractivity contribution >= 4 is 5.82 Å². The highest BCUT2D eigenvalue weighted by Gasteiger charge is 2.37. The van der Waals surface area contributed by atoms with Crippen molar-refractivity contribution in [2.24, 2.45) is 11.8 Å². The first-order valence-electron chi connectivity index (χ1n) is 5.51. The molecule has 1 aromatic rings. The molecular formula is C11H18N4. The van der Waals surface area contributed by atoms with Gasteiger partial charge in [0.15, 0.2) is 0 Å². The number of nitrogens with zero attached hydrogens (tertiary/aromatic N) is 2. The summed E-state index contributed by atoms with van der Waals surface area (Å²) in [5.41, 5.74) is 4.84. The van der Waals surface area contributed by atoms with E-state index >= 15 is 0 Å². The van der Waals surface area contributed by atoms with Gasteiger partial charge in [0.25, 0.3) is 0 Å². The van der Waals surface area contributed by atoms with Crippen LogP contribution in [-0.2, 0) is 6.42 Å². The number of nitrogen functional groups attached to an aromatic ring is 1. The zero-order valence-electron chi connectivity index (χ0n) is 9.54. The minimum absolute atomic E-state index is 0.543. The number of hydrogen-bond donors (Lipinski definition) is 2. The van der Waals surface area contributed by atoms with Crippen LogP contribution in [0, 0.1) is 12.8 Å². The van der Waals surface area contributed by atoms with Crippen molar-refractivity contribution < 1.29 is 0 Å². The van der Waals surface area contributed by atoms with Gasteiger partial charge >= 0.3 is 0 Å². The third-order valence-electron chi connectivity index (χ3n) is 3.16. The standard InChI is InChI=1S/C11H18N4/c1-4-8-7(3)13-10(9-5-6(9)2)14-11(8)15-12/h6,9H,4-5,12H2,1-3H3,(H,13,14,15). The van der Waals surface area contributed by atoms with E-state index in [1.807, 2.05) is 6.92 Å². The lowest BCUT2D eigenvalue weighted by atomic mass is 10.1. The van der Waals surface area contributed by atoms with Gasteiger partial charge in [-0.25, -0.2) is 15.8 Å². The number of nitrogens with one attached hydrogen (secondary N) is 1. The number of anilines is 1. The van der Waals surface area contributed by atoms with Crippen LogP contribution in [0.15, 0.2) is 0 Å². The average molecular weight is 206 g/mol. The van der Waals surface area contributed by atoms with Crippen molar-refractivity contribution in [2.45, 2.75) is 39.5 Å². The molecule has 1 heterocycles. The van der Waals surface area contributed by atoms with Gasteiger partial charge in [0, 0.05) is 17.2 Å². The highest BCUT2D eigenvalue weighted by atomic mass is 15.3. The molecule has 1 fully saturated rings. The summed E-state index contributed by atoms with van der Waals surface area (Å²) in [5.74, 6) is 8.49. The largest absolute Gasteiger partial charge is 0.308 e. The quantitative estimate of drug-likeness (QED) is 0.584. The van der Waals surface area contributed by atoms with Crippen molar-refractivity contribution in [1.82, 2.24) is 9.97 Å². The molecule has 0 radical (unpaired) electrons. The normalized spacial score (nSPS) is 24.0. The molecule has 0 spiro atoms. The number of aromatic nitrogens is 2. The lowest BCUT2D eigenvalue weighted by molar-refractivity contribution is 0.821. The Morgan fingerprint density at radius 1 is 1.47 bits per heavy atom. The second kappa shape index (κ2) is 3.77. The van der Waals surface area contributed by atoms with Crippen molar-refractivity contribution in [1.29, 1.82) is 0 Å². The third kappa shape index (κ3) is 1.81.